The van der Waals surface area contributed by atoms with E-state index in [1.54, 1.807) is 0 Å². The second-order valence-electron chi connectivity index (χ2n) is 2.35. The molecule has 0 aromatic heterocycles. The van der Waals surface area contributed by atoms with Gasteiger partial charge in [-0.1, -0.05) is 15.9 Å². The summed E-state index contributed by atoms with van der Waals surface area (Å²) < 4.78 is 13.1. The quantitative estimate of drug-likeness (QED) is 0.655. The number of hydrogen-bond acceptors (Lipinski definition) is 3. The molecule has 0 saturated heterocycles. The number of aromatic carboxylic acids is 1. The zero-order valence-corrected chi connectivity index (χ0v) is 8.12. The first-order valence-corrected chi connectivity index (χ1v) is 4.09. The first-order chi connectivity index (χ1) is 6.43. The van der Waals surface area contributed by atoms with E-state index in [0.29, 0.717) is 0 Å². The molecule has 5 nitrogen and oxygen atoms in total. The van der Waals surface area contributed by atoms with E-state index in [4.69, 9.17) is 5.11 Å². The smallest absolute Gasteiger partial charge is 0.342 e. The van der Waals surface area contributed by atoms with Gasteiger partial charge in [0, 0.05) is 4.47 Å². The van der Waals surface area contributed by atoms with Gasteiger partial charge < -0.3 is 5.11 Å². The lowest BCUT2D eigenvalue weighted by Crippen LogP contribution is -2.04. The zero-order chi connectivity index (χ0) is 10.9. The lowest BCUT2D eigenvalue weighted by molar-refractivity contribution is -0.387. The third-order valence-electron chi connectivity index (χ3n) is 1.44. The molecular formula is C7H3BrFNO4. The minimum absolute atomic E-state index is 0.137. The van der Waals surface area contributed by atoms with Crippen molar-refractivity contribution in [1.29, 1.82) is 0 Å². The third kappa shape index (κ3) is 1.87. The Hall–Kier alpha value is -1.50. The second kappa shape index (κ2) is 3.70. The van der Waals surface area contributed by atoms with Gasteiger partial charge in [0.2, 0.25) is 5.82 Å². The highest BCUT2D eigenvalue weighted by atomic mass is 79.9. The van der Waals surface area contributed by atoms with Crippen LogP contribution < -0.4 is 0 Å². The van der Waals surface area contributed by atoms with Gasteiger partial charge in [0.15, 0.2) is 0 Å². The molecule has 0 saturated carbocycles. The predicted molar refractivity (Wildman–Crippen MR) is 47.7 cm³/mol. The molecule has 0 fully saturated rings. The number of carboxylic acid groups (broad SMARTS) is 1. The summed E-state index contributed by atoms with van der Waals surface area (Å²) in [6.45, 7) is 0. The third-order valence-corrected chi connectivity index (χ3v) is 1.90. The summed E-state index contributed by atoms with van der Waals surface area (Å²) in [5, 5.41) is 18.9. The highest BCUT2D eigenvalue weighted by molar-refractivity contribution is 9.10. The van der Waals surface area contributed by atoms with E-state index >= 15 is 0 Å². The number of nitro groups is 1. The molecule has 1 aromatic carbocycles. The van der Waals surface area contributed by atoms with Gasteiger partial charge in [0.1, 0.15) is 5.56 Å². The van der Waals surface area contributed by atoms with Crippen LogP contribution in [0.25, 0.3) is 0 Å². The Balaban J connectivity index is 3.52. The first kappa shape index (κ1) is 10.6. The standard InChI is InChI=1S/C7H3BrFNO4/c8-3-1-4(7(11)12)6(10(13)14)5(9)2-3/h1-2H,(H,11,12). The summed E-state index contributed by atoms with van der Waals surface area (Å²) in [4.78, 5) is 19.8. The first-order valence-electron chi connectivity index (χ1n) is 3.30. The molecule has 7 heteroatoms. The minimum atomic E-state index is -1.54. The van der Waals surface area contributed by atoms with Crippen LogP contribution in [0.5, 0.6) is 0 Å². The number of nitro benzene ring substituents is 1. The van der Waals surface area contributed by atoms with E-state index < -0.39 is 28.0 Å². The van der Waals surface area contributed by atoms with Crippen LogP contribution >= 0.6 is 15.9 Å². The molecule has 1 rings (SSSR count). The number of nitrogens with zero attached hydrogens (tertiary/aromatic N) is 1. The van der Waals surface area contributed by atoms with E-state index in [9.17, 15) is 19.3 Å². The fourth-order valence-corrected chi connectivity index (χ4v) is 1.34. The molecule has 0 amide bonds. The van der Waals surface area contributed by atoms with Crippen LogP contribution in [0.4, 0.5) is 10.1 Å². The summed E-state index contributed by atoms with van der Waals surface area (Å²) in [6, 6.07) is 1.81. The Labute approximate surface area is 85.4 Å². The van der Waals surface area contributed by atoms with Crippen LogP contribution in [-0.4, -0.2) is 16.0 Å². The van der Waals surface area contributed by atoms with Gasteiger partial charge in [-0.05, 0) is 12.1 Å². The maximum atomic E-state index is 13.0. The lowest BCUT2D eigenvalue weighted by Gasteiger charge is -1.99. The molecule has 0 bridgehead atoms. The van der Waals surface area contributed by atoms with E-state index in [0.717, 1.165) is 12.1 Å². The van der Waals surface area contributed by atoms with Gasteiger partial charge in [-0.3, -0.25) is 10.1 Å². The number of carbonyl (C=O) groups is 1. The van der Waals surface area contributed by atoms with E-state index in [2.05, 4.69) is 15.9 Å². The average molecular weight is 264 g/mol. The molecule has 74 valence electrons. The van der Waals surface area contributed by atoms with Crippen LogP contribution in [0.2, 0.25) is 0 Å². The number of benzene rings is 1. The van der Waals surface area contributed by atoms with Crippen molar-refractivity contribution in [3.8, 4) is 0 Å². The zero-order valence-electron chi connectivity index (χ0n) is 6.53. The molecular weight excluding hydrogens is 261 g/mol. The average Bonchev–Trinajstić information content (AvgIpc) is 2.01. The van der Waals surface area contributed by atoms with Crippen LogP contribution in [0.15, 0.2) is 16.6 Å². The summed E-state index contributed by atoms with van der Waals surface area (Å²) >= 11 is 2.84. The highest BCUT2D eigenvalue weighted by Gasteiger charge is 2.25. The van der Waals surface area contributed by atoms with Gasteiger partial charge in [0.05, 0.1) is 4.92 Å². The van der Waals surface area contributed by atoms with Crippen molar-refractivity contribution >= 4 is 27.6 Å². The van der Waals surface area contributed by atoms with Crippen molar-refractivity contribution in [2.45, 2.75) is 0 Å². The minimum Gasteiger partial charge on any atom is -0.477 e. The van der Waals surface area contributed by atoms with Gasteiger partial charge >= 0.3 is 11.7 Å². The molecule has 0 atom stereocenters. The SMILES string of the molecule is O=C(O)c1cc(Br)cc(F)c1[N+](=O)[O-]. The van der Waals surface area contributed by atoms with Crippen molar-refractivity contribution in [3.05, 3.63) is 38.1 Å². The van der Waals surface area contributed by atoms with Gasteiger partial charge in [-0.2, -0.15) is 4.39 Å². The summed E-state index contributed by atoms with van der Waals surface area (Å²) in [7, 11) is 0. The summed E-state index contributed by atoms with van der Waals surface area (Å²) in [6.07, 6.45) is 0. The highest BCUT2D eigenvalue weighted by Crippen LogP contribution is 2.26. The largest absolute Gasteiger partial charge is 0.477 e. The topological polar surface area (TPSA) is 80.4 Å². The molecule has 0 spiro atoms. The Morgan fingerprint density at radius 2 is 2.14 bits per heavy atom. The molecule has 0 radical (unpaired) electrons. The van der Waals surface area contributed by atoms with Crippen molar-refractivity contribution in [2.24, 2.45) is 0 Å². The van der Waals surface area contributed by atoms with Gasteiger partial charge in [-0.15, -0.1) is 0 Å². The Morgan fingerprint density at radius 3 is 2.57 bits per heavy atom. The summed E-state index contributed by atoms with van der Waals surface area (Å²) in [5.41, 5.74) is -1.71. The van der Waals surface area contributed by atoms with E-state index in [1.807, 2.05) is 0 Å². The molecule has 0 unspecified atom stereocenters. The number of halogens is 2. The number of hydrogen-bond donors (Lipinski definition) is 1. The maximum absolute atomic E-state index is 13.0. The van der Waals surface area contributed by atoms with Crippen molar-refractivity contribution in [3.63, 3.8) is 0 Å². The summed E-state index contributed by atoms with van der Waals surface area (Å²) in [5.74, 6) is -2.72. The molecule has 0 aliphatic rings. The number of rotatable bonds is 2. The van der Waals surface area contributed by atoms with Crippen molar-refractivity contribution in [2.75, 3.05) is 0 Å². The number of carboxylic acids is 1. The van der Waals surface area contributed by atoms with Gasteiger partial charge in [-0.25, -0.2) is 4.79 Å². The Bertz CT molecular complexity index is 420. The molecule has 1 N–H and O–H groups in total. The van der Waals surface area contributed by atoms with Crippen molar-refractivity contribution < 1.29 is 19.2 Å². The van der Waals surface area contributed by atoms with Crippen LogP contribution in [0.3, 0.4) is 0 Å². The second-order valence-corrected chi connectivity index (χ2v) is 3.26. The molecule has 1 aromatic rings. The van der Waals surface area contributed by atoms with Crippen molar-refractivity contribution in [1.82, 2.24) is 0 Å². The fourth-order valence-electron chi connectivity index (χ4n) is 0.915. The monoisotopic (exact) mass is 263 g/mol. The van der Waals surface area contributed by atoms with Crippen LogP contribution in [0.1, 0.15) is 10.4 Å². The van der Waals surface area contributed by atoms with Crippen LogP contribution in [0, 0.1) is 15.9 Å². The van der Waals surface area contributed by atoms with E-state index in [1.165, 1.54) is 0 Å². The molecule has 14 heavy (non-hydrogen) atoms. The normalized spacial score (nSPS) is 9.86. The molecule has 0 aliphatic heterocycles. The molecule has 0 heterocycles. The Morgan fingerprint density at radius 1 is 1.57 bits per heavy atom. The van der Waals surface area contributed by atoms with Crippen LogP contribution in [-0.2, 0) is 0 Å². The fraction of sp³-hybridized carbons (Fsp3) is 0. The predicted octanol–water partition coefficient (Wildman–Crippen LogP) is 2.19. The van der Waals surface area contributed by atoms with Gasteiger partial charge in [0.25, 0.3) is 0 Å². The maximum Gasteiger partial charge on any atom is 0.342 e. The lowest BCUT2D eigenvalue weighted by atomic mass is 10.2. The van der Waals surface area contributed by atoms with E-state index in [-0.39, 0.29) is 4.47 Å². The Kier molecular flexibility index (Phi) is 2.80. The molecule has 0 aliphatic carbocycles.